The second-order valence-corrected chi connectivity index (χ2v) is 6.46. The van der Waals surface area contributed by atoms with Crippen molar-refractivity contribution in [2.24, 2.45) is 0 Å². The average molecular weight is 359 g/mol. The van der Waals surface area contributed by atoms with Crippen LogP contribution in [0.3, 0.4) is 0 Å². The zero-order valence-electron chi connectivity index (χ0n) is 11.5. The minimum atomic E-state index is -2.06. The molecular formula is C12H12Cl2N6O3. The Morgan fingerprint density at radius 2 is 2.13 bits per heavy atom. The Hall–Kier alpha value is -1.83. The summed E-state index contributed by atoms with van der Waals surface area (Å²) in [6.07, 6.45) is -2.65. The number of aliphatic hydroxyl groups excluding tert-OH is 2. The summed E-state index contributed by atoms with van der Waals surface area (Å²) in [5, 5.41) is 33.2. The van der Waals surface area contributed by atoms with Crippen LogP contribution >= 0.6 is 23.2 Å². The molecule has 0 unspecified atom stereocenters. The van der Waals surface area contributed by atoms with E-state index in [2.05, 4.69) is 10.1 Å². The van der Waals surface area contributed by atoms with Crippen molar-refractivity contribution < 1.29 is 14.9 Å². The predicted octanol–water partition coefficient (Wildman–Crippen LogP) is -0.462. The van der Waals surface area contributed by atoms with Crippen LogP contribution in [0.15, 0.2) is 12.1 Å². The van der Waals surface area contributed by atoms with Crippen LogP contribution < -0.4 is 11.5 Å². The highest BCUT2D eigenvalue weighted by Crippen LogP contribution is 2.53. The largest absolute Gasteiger partial charge is 0.394 e. The molecule has 0 spiro atoms. The topological polar surface area (TPSA) is 156 Å². The molecule has 9 nitrogen and oxygen atoms in total. The van der Waals surface area contributed by atoms with Crippen molar-refractivity contribution in [1.82, 2.24) is 14.6 Å². The number of nitrogens with zero attached hydrogens (tertiary/aromatic N) is 4. The lowest BCUT2D eigenvalue weighted by Gasteiger charge is -2.30. The van der Waals surface area contributed by atoms with Crippen LogP contribution in [-0.2, 0) is 10.3 Å². The van der Waals surface area contributed by atoms with Gasteiger partial charge in [0.2, 0.25) is 11.5 Å². The van der Waals surface area contributed by atoms with Crippen LogP contribution in [0.1, 0.15) is 5.69 Å². The molecule has 1 aliphatic rings. The van der Waals surface area contributed by atoms with E-state index in [0.717, 1.165) is 0 Å². The number of aliphatic hydroxyl groups is 2. The van der Waals surface area contributed by atoms with Crippen LogP contribution in [0.5, 0.6) is 0 Å². The fraction of sp³-hybridized carbons (Fsp3) is 0.417. The number of ether oxygens (including phenoxy) is 1. The van der Waals surface area contributed by atoms with Gasteiger partial charge in [0, 0.05) is 0 Å². The molecule has 3 atom stereocenters. The molecular weight excluding hydrogens is 347 g/mol. The number of hydrogen-bond donors (Lipinski definition) is 4. The Balaban J connectivity index is 2.29. The minimum absolute atomic E-state index is 0.0869. The van der Waals surface area contributed by atoms with E-state index in [1.54, 1.807) is 0 Å². The number of nitrogens with two attached hydrogens (primary N) is 2. The van der Waals surface area contributed by atoms with Gasteiger partial charge in [-0.2, -0.15) is 10.2 Å². The molecule has 2 aromatic rings. The SMILES string of the molecule is N#C[C@@]1(c2ccc3c(N)nc(N)nn23)O[C@H](CO)[C@H](O)C1(Cl)Cl. The number of rotatable bonds is 2. The minimum Gasteiger partial charge on any atom is -0.394 e. The number of nitrogen functional groups attached to an aromatic ring is 2. The molecule has 0 aromatic carbocycles. The van der Waals surface area contributed by atoms with E-state index in [1.807, 2.05) is 6.07 Å². The lowest BCUT2D eigenvalue weighted by Crippen LogP contribution is -2.45. The Morgan fingerprint density at radius 3 is 2.70 bits per heavy atom. The number of halogens is 2. The van der Waals surface area contributed by atoms with Crippen molar-refractivity contribution in [2.75, 3.05) is 18.1 Å². The normalized spacial score (nSPS) is 29.7. The first-order chi connectivity index (χ1) is 10.8. The van der Waals surface area contributed by atoms with Crippen molar-refractivity contribution in [3.8, 4) is 6.07 Å². The number of fused-ring (bicyclic) bond motifs is 1. The molecule has 0 radical (unpaired) electrons. The molecule has 1 fully saturated rings. The van der Waals surface area contributed by atoms with E-state index < -0.39 is 28.7 Å². The summed E-state index contributed by atoms with van der Waals surface area (Å²) in [5.41, 5.74) is 9.82. The maximum Gasteiger partial charge on any atom is 0.240 e. The van der Waals surface area contributed by atoms with Gasteiger partial charge in [-0.1, -0.05) is 23.2 Å². The van der Waals surface area contributed by atoms with Crippen LogP contribution in [-0.4, -0.2) is 48.0 Å². The Kier molecular flexibility index (Phi) is 3.55. The van der Waals surface area contributed by atoms with E-state index in [1.165, 1.54) is 16.6 Å². The number of anilines is 2. The quantitative estimate of drug-likeness (QED) is 0.525. The van der Waals surface area contributed by atoms with E-state index >= 15 is 0 Å². The molecule has 23 heavy (non-hydrogen) atoms. The van der Waals surface area contributed by atoms with Crippen molar-refractivity contribution in [3.63, 3.8) is 0 Å². The van der Waals surface area contributed by atoms with Crippen molar-refractivity contribution >= 4 is 40.5 Å². The monoisotopic (exact) mass is 358 g/mol. The molecule has 2 aromatic heterocycles. The smallest absolute Gasteiger partial charge is 0.240 e. The van der Waals surface area contributed by atoms with E-state index in [9.17, 15) is 15.5 Å². The molecule has 122 valence electrons. The summed E-state index contributed by atoms with van der Waals surface area (Å²) in [6, 6.07) is 4.88. The maximum absolute atomic E-state index is 10.2. The van der Waals surface area contributed by atoms with Crippen LogP contribution in [0.25, 0.3) is 5.52 Å². The average Bonchev–Trinajstić information content (AvgIpc) is 2.99. The Bertz CT molecular complexity index is 819. The van der Waals surface area contributed by atoms with Gasteiger partial charge in [0.25, 0.3) is 0 Å². The molecule has 1 saturated heterocycles. The second-order valence-electron chi connectivity index (χ2n) is 5.07. The molecule has 3 rings (SSSR count). The summed E-state index contributed by atoms with van der Waals surface area (Å²) in [6.45, 7) is -0.575. The van der Waals surface area contributed by atoms with E-state index in [-0.39, 0.29) is 17.5 Å². The molecule has 1 aliphatic heterocycles. The third-order valence-corrected chi connectivity index (χ3v) is 4.75. The van der Waals surface area contributed by atoms with Gasteiger partial charge in [0.15, 0.2) is 10.2 Å². The standard InChI is InChI=1S/C12H12Cl2N6O3/c13-12(14)8(22)6(3-21)23-11(12,4-15)7-2-1-5-9(16)18-10(17)19-20(5)7/h1-2,6,8,21-22H,3H2,(H4,16,17,18,19)/t6-,8+,11+/m1/s1. The summed E-state index contributed by atoms with van der Waals surface area (Å²) in [4.78, 5) is 3.82. The van der Waals surface area contributed by atoms with Gasteiger partial charge < -0.3 is 26.4 Å². The lowest BCUT2D eigenvalue weighted by molar-refractivity contribution is -0.0524. The van der Waals surface area contributed by atoms with Crippen molar-refractivity contribution in [3.05, 3.63) is 17.8 Å². The fourth-order valence-corrected chi connectivity index (χ4v) is 3.29. The summed E-state index contributed by atoms with van der Waals surface area (Å²) in [5.74, 6) is -0.0450. The zero-order valence-corrected chi connectivity index (χ0v) is 13.0. The molecule has 11 heteroatoms. The lowest BCUT2D eigenvalue weighted by atomic mass is 9.94. The van der Waals surface area contributed by atoms with Crippen LogP contribution in [0, 0.1) is 11.3 Å². The van der Waals surface area contributed by atoms with Gasteiger partial charge >= 0.3 is 0 Å². The number of alkyl halides is 2. The first-order valence-corrected chi connectivity index (χ1v) is 7.21. The predicted molar refractivity (Wildman–Crippen MR) is 81.5 cm³/mol. The van der Waals surface area contributed by atoms with Gasteiger partial charge in [0.1, 0.15) is 23.8 Å². The van der Waals surface area contributed by atoms with Crippen LogP contribution in [0.4, 0.5) is 11.8 Å². The molecule has 0 amide bonds. The molecule has 0 bridgehead atoms. The number of nitriles is 1. The Morgan fingerprint density at radius 1 is 1.43 bits per heavy atom. The van der Waals surface area contributed by atoms with Gasteiger partial charge in [-0.05, 0) is 12.1 Å². The van der Waals surface area contributed by atoms with Gasteiger partial charge in [0.05, 0.1) is 12.3 Å². The molecule has 6 N–H and O–H groups in total. The first kappa shape index (κ1) is 16.0. The highest BCUT2D eigenvalue weighted by atomic mass is 35.5. The number of aromatic nitrogens is 3. The highest BCUT2D eigenvalue weighted by molar-refractivity contribution is 6.50. The van der Waals surface area contributed by atoms with E-state index in [4.69, 9.17) is 39.4 Å². The summed E-state index contributed by atoms with van der Waals surface area (Å²) in [7, 11) is 0. The zero-order chi connectivity index (χ0) is 17.0. The third-order valence-electron chi connectivity index (χ3n) is 3.77. The van der Waals surface area contributed by atoms with Gasteiger partial charge in [-0.15, -0.1) is 5.10 Å². The van der Waals surface area contributed by atoms with Gasteiger partial charge in [-0.25, -0.2) is 4.52 Å². The van der Waals surface area contributed by atoms with E-state index in [0.29, 0.717) is 5.52 Å². The molecule has 0 aliphatic carbocycles. The second kappa shape index (κ2) is 5.09. The fourth-order valence-electron chi connectivity index (χ4n) is 2.64. The number of hydrogen-bond acceptors (Lipinski definition) is 8. The summed E-state index contributed by atoms with van der Waals surface area (Å²) >= 11 is 12.4. The maximum atomic E-state index is 10.2. The van der Waals surface area contributed by atoms with Crippen LogP contribution in [0.2, 0.25) is 0 Å². The third kappa shape index (κ3) is 1.97. The molecule has 3 heterocycles. The highest BCUT2D eigenvalue weighted by Gasteiger charge is 2.67. The van der Waals surface area contributed by atoms with Crippen molar-refractivity contribution in [2.45, 2.75) is 22.1 Å². The van der Waals surface area contributed by atoms with Gasteiger partial charge in [-0.3, -0.25) is 0 Å². The first-order valence-electron chi connectivity index (χ1n) is 6.45. The van der Waals surface area contributed by atoms with Crippen molar-refractivity contribution in [1.29, 1.82) is 5.26 Å². The summed E-state index contributed by atoms with van der Waals surface area (Å²) < 4.78 is 4.69. The Labute approximate surface area is 140 Å². The molecule has 0 saturated carbocycles.